The number of hydrogen-bond donors (Lipinski definition) is 0. The molecule has 0 unspecified atom stereocenters. The second kappa shape index (κ2) is 3.65. The summed E-state index contributed by atoms with van der Waals surface area (Å²) in [4.78, 5) is 0. The Bertz CT molecular complexity index is 352. The van der Waals surface area contributed by atoms with Gasteiger partial charge < -0.3 is 4.74 Å². The third-order valence-corrected chi connectivity index (χ3v) is 5.08. The van der Waals surface area contributed by atoms with Crippen LogP contribution in [0.3, 0.4) is 0 Å². The molecule has 2 fully saturated rings. The van der Waals surface area contributed by atoms with Crippen molar-refractivity contribution < 1.29 is 4.74 Å². The van der Waals surface area contributed by atoms with Crippen LogP contribution in [0.5, 0.6) is 0 Å². The first-order valence-electron chi connectivity index (χ1n) is 6.65. The van der Waals surface area contributed by atoms with Crippen molar-refractivity contribution in [1.82, 2.24) is 0 Å². The van der Waals surface area contributed by atoms with Crippen molar-refractivity contribution in [2.75, 3.05) is 7.11 Å². The minimum absolute atomic E-state index is 0.590. The van der Waals surface area contributed by atoms with Gasteiger partial charge in [-0.15, -0.1) is 0 Å². The molecule has 2 bridgehead atoms. The van der Waals surface area contributed by atoms with Gasteiger partial charge in [0.25, 0.3) is 0 Å². The van der Waals surface area contributed by atoms with Crippen LogP contribution in [0.15, 0.2) is 23.5 Å². The summed E-state index contributed by atoms with van der Waals surface area (Å²) in [6, 6.07) is 0. The highest BCUT2D eigenvalue weighted by Gasteiger charge is 2.61. The fourth-order valence-electron chi connectivity index (χ4n) is 4.15. The Morgan fingerprint density at radius 2 is 2.31 bits per heavy atom. The fraction of sp³-hybridized carbons (Fsp3) is 0.733. The summed E-state index contributed by atoms with van der Waals surface area (Å²) in [6.45, 7) is 2.49. The summed E-state index contributed by atoms with van der Waals surface area (Å²) in [7, 11) is 1.79. The van der Waals surface area contributed by atoms with Crippen molar-refractivity contribution in [3.05, 3.63) is 23.5 Å². The molecule has 0 aromatic rings. The lowest BCUT2D eigenvalue weighted by atomic mass is 9.91. The maximum Gasteiger partial charge on any atom is 0.0819 e. The molecule has 0 radical (unpaired) electrons. The Morgan fingerprint density at radius 1 is 1.44 bits per heavy atom. The van der Waals surface area contributed by atoms with Gasteiger partial charge >= 0.3 is 0 Å². The smallest absolute Gasteiger partial charge is 0.0819 e. The number of allylic oxidation sites excluding steroid dienone is 3. The van der Waals surface area contributed by atoms with E-state index >= 15 is 0 Å². The van der Waals surface area contributed by atoms with Crippen LogP contribution in [-0.2, 0) is 4.74 Å². The molecule has 0 aromatic carbocycles. The van der Waals surface area contributed by atoms with Crippen LogP contribution in [0, 0.1) is 17.3 Å². The Kier molecular flexibility index (Phi) is 2.38. The number of fused-ring (bicyclic) bond motifs is 2. The van der Waals surface area contributed by atoms with E-state index < -0.39 is 0 Å². The van der Waals surface area contributed by atoms with Gasteiger partial charge in [-0.25, -0.2) is 0 Å². The first-order valence-corrected chi connectivity index (χ1v) is 6.65. The van der Waals surface area contributed by atoms with Gasteiger partial charge in [0.2, 0.25) is 0 Å². The van der Waals surface area contributed by atoms with E-state index in [0.29, 0.717) is 5.41 Å². The summed E-state index contributed by atoms with van der Waals surface area (Å²) in [5, 5.41) is 0. The molecule has 3 aliphatic carbocycles. The molecule has 3 aliphatic rings. The third kappa shape index (κ3) is 1.44. The van der Waals surface area contributed by atoms with E-state index in [1.165, 1.54) is 38.5 Å². The maximum absolute atomic E-state index is 5.28. The lowest BCUT2D eigenvalue weighted by Gasteiger charge is -2.15. The average Bonchev–Trinajstić information content (AvgIpc) is 2.82. The number of hydrogen-bond acceptors (Lipinski definition) is 1. The SMILES string of the molecule is CO/C=C1\CCCC2=CCC[C@]3(C)[C@H]1[C@@H]3C2. The van der Waals surface area contributed by atoms with Crippen LogP contribution < -0.4 is 0 Å². The van der Waals surface area contributed by atoms with Crippen molar-refractivity contribution in [2.45, 2.75) is 45.4 Å². The highest BCUT2D eigenvalue weighted by Crippen LogP contribution is 2.69. The first kappa shape index (κ1) is 10.4. The standard InChI is InChI=1S/C15H22O/c1-15-8-4-6-11-5-3-7-12(10-16-2)14(15)13(15)9-11/h6,10,13-14H,3-5,7-9H2,1-2H3/b12-10+/t13-,14+,15-/m0/s1. The van der Waals surface area contributed by atoms with Gasteiger partial charge in [0.15, 0.2) is 0 Å². The van der Waals surface area contributed by atoms with E-state index in [4.69, 9.17) is 4.74 Å². The van der Waals surface area contributed by atoms with E-state index in [0.717, 1.165) is 11.8 Å². The highest BCUT2D eigenvalue weighted by atomic mass is 16.5. The Morgan fingerprint density at radius 3 is 3.12 bits per heavy atom. The molecule has 3 rings (SSSR count). The average molecular weight is 218 g/mol. The molecule has 0 N–H and O–H groups in total. The van der Waals surface area contributed by atoms with E-state index in [1.807, 2.05) is 6.26 Å². The summed E-state index contributed by atoms with van der Waals surface area (Å²) in [6.07, 6.45) is 12.5. The van der Waals surface area contributed by atoms with Gasteiger partial charge in [-0.1, -0.05) is 18.6 Å². The molecule has 0 aliphatic heterocycles. The molecule has 0 aromatic heterocycles. The van der Waals surface area contributed by atoms with E-state index in [1.54, 1.807) is 18.3 Å². The van der Waals surface area contributed by atoms with Gasteiger partial charge in [-0.05, 0) is 61.3 Å². The minimum Gasteiger partial charge on any atom is -0.504 e. The summed E-state index contributed by atoms with van der Waals surface area (Å²) in [5.41, 5.74) is 3.93. The molecule has 88 valence electrons. The van der Waals surface area contributed by atoms with Crippen molar-refractivity contribution in [2.24, 2.45) is 17.3 Å². The Labute approximate surface area is 98.6 Å². The van der Waals surface area contributed by atoms with Crippen molar-refractivity contribution >= 4 is 0 Å². The number of ether oxygens (including phenoxy) is 1. The van der Waals surface area contributed by atoms with Crippen LogP contribution >= 0.6 is 0 Å². The van der Waals surface area contributed by atoms with E-state index in [9.17, 15) is 0 Å². The molecule has 0 amide bonds. The minimum atomic E-state index is 0.590. The molecule has 0 spiro atoms. The molecule has 0 heterocycles. The number of methoxy groups -OCH3 is 1. The largest absolute Gasteiger partial charge is 0.504 e. The van der Waals surface area contributed by atoms with Gasteiger partial charge in [-0.2, -0.15) is 0 Å². The summed E-state index contributed by atoms with van der Waals surface area (Å²) >= 11 is 0. The zero-order valence-corrected chi connectivity index (χ0v) is 10.5. The van der Waals surface area contributed by atoms with Crippen LogP contribution in [0.25, 0.3) is 0 Å². The van der Waals surface area contributed by atoms with Gasteiger partial charge in [0.05, 0.1) is 13.4 Å². The topological polar surface area (TPSA) is 9.23 Å². The zero-order chi connectivity index (χ0) is 11.2. The monoisotopic (exact) mass is 218 g/mol. The van der Waals surface area contributed by atoms with Gasteiger partial charge in [-0.3, -0.25) is 0 Å². The Hall–Kier alpha value is -0.720. The predicted molar refractivity (Wildman–Crippen MR) is 66.0 cm³/mol. The normalized spacial score (nSPS) is 44.1. The fourth-order valence-corrected chi connectivity index (χ4v) is 4.15. The lowest BCUT2D eigenvalue weighted by Crippen LogP contribution is -2.02. The molecular weight excluding hydrogens is 196 g/mol. The van der Waals surface area contributed by atoms with E-state index in [2.05, 4.69) is 13.0 Å². The second-order valence-electron chi connectivity index (χ2n) is 5.98. The molecule has 1 heteroatoms. The van der Waals surface area contributed by atoms with Crippen molar-refractivity contribution in [1.29, 1.82) is 0 Å². The molecule has 0 saturated heterocycles. The zero-order valence-electron chi connectivity index (χ0n) is 10.5. The molecule has 16 heavy (non-hydrogen) atoms. The van der Waals surface area contributed by atoms with Crippen molar-refractivity contribution in [3.63, 3.8) is 0 Å². The van der Waals surface area contributed by atoms with Gasteiger partial charge in [0, 0.05) is 0 Å². The predicted octanol–water partition coefficient (Wildman–Crippen LogP) is 4.06. The molecule has 3 atom stereocenters. The quantitative estimate of drug-likeness (QED) is 0.476. The summed E-state index contributed by atoms with van der Waals surface area (Å²) in [5.74, 6) is 1.75. The maximum atomic E-state index is 5.28. The lowest BCUT2D eigenvalue weighted by molar-refractivity contribution is 0.326. The highest BCUT2D eigenvalue weighted by molar-refractivity contribution is 5.29. The molecular formula is C15H22O. The third-order valence-electron chi connectivity index (χ3n) is 5.08. The Balaban J connectivity index is 1.91. The second-order valence-corrected chi connectivity index (χ2v) is 5.98. The van der Waals surface area contributed by atoms with E-state index in [-0.39, 0.29) is 0 Å². The van der Waals surface area contributed by atoms with Crippen LogP contribution in [0.1, 0.15) is 45.4 Å². The first-order chi connectivity index (χ1) is 7.75. The van der Waals surface area contributed by atoms with Crippen molar-refractivity contribution in [3.8, 4) is 0 Å². The van der Waals surface area contributed by atoms with Crippen LogP contribution in [0.2, 0.25) is 0 Å². The van der Waals surface area contributed by atoms with Crippen LogP contribution in [0.4, 0.5) is 0 Å². The number of rotatable bonds is 1. The molecule has 1 nitrogen and oxygen atoms in total. The van der Waals surface area contributed by atoms with Gasteiger partial charge in [0.1, 0.15) is 0 Å². The summed E-state index contributed by atoms with van der Waals surface area (Å²) < 4.78 is 5.28. The van der Waals surface area contributed by atoms with Crippen LogP contribution in [-0.4, -0.2) is 7.11 Å². The molecule has 2 saturated carbocycles.